The van der Waals surface area contributed by atoms with Crippen molar-refractivity contribution in [1.82, 2.24) is 4.90 Å². The Bertz CT molecular complexity index is 811. The molecule has 2 atom stereocenters. The second-order valence-corrected chi connectivity index (χ2v) is 8.46. The van der Waals surface area contributed by atoms with E-state index in [-0.39, 0.29) is 35.8 Å². The van der Waals surface area contributed by atoms with Gasteiger partial charge in [-0.3, -0.25) is 4.79 Å². The van der Waals surface area contributed by atoms with E-state index in [9.17, 15) is 18.0 Å². The van der Waals surface area contributed by atoms with Gasteiger partial charge in [-0.15, -0.1) is 11.8 Å². The highest BCUT2D eigenvalue weighted by molar-refractivity contribution is 7.99. The first-order valence-corrected chi connectivity index (χ1v) is 11.0. The van der Waals surface area contributed by atoms with Crippen LogP contribution in [-0.4, -0.2) is 36.2 Å². The third-order valence-corrected chi connectivity index (χ3v) is 6.40. The molecule has 1 unspecified atom stereocenters. The van der Waals surface area contributed by atoms with Crippen LogP contribution in [0, 0.1) is 17.5 Å². The van der Waals surface area contributed by atoms with Gasteiger partial charge in [0.2, 0.25) is 0 Å². The van der Waals surface area contributed by atoms with Gasteiger partial charge in [0.15, 0.2) is 6.54 Å². The molecular weight excluding hydrogens is 397 g/mol. The zero-order valence-corrected chi connectivity index (χ0v) is 17.3. The van der Waals surface area contributed by atoms with Gasteiger partial charge in [-0.2, -0.15) is 0 Å². The molecule has 1 amide bonds. The van der Waals surface area contributed by atoms with E-state index >= 15 is 0 Å². The monoisotopic (exact) mass is 423 g/mol. The Morgan fingerprint density at radius 2 is 1.83 bits per heavy atom. The summed E-state index contributed by atoms with van der Waals surface area (Å²) in [6, 6.07) is 10.1. The molecule has 2 aromatic rings. The first-order chi connectivity index (χ1) is 14.0. The molecule has 1 heterocycles. The Morgan fingerprint density at radius 3 is 2.48 bits per heavy atom. The number of unbranched alkanes of at least 4 members (excludes halogenated alkanes) is 1. The van der Waals surface area contributed by atoms with E-state index in [1.54, 1.807) is 28.8 Å². The normalized spacial score (nSPS) is 17.5. The lowest BCUT2D eigenvalue weighted by Gasteiger charge is -2.27. The molecular formula is C22H26F3N2OS+. The fourth-order valence-corrected chi connectivity index (χ4v) is 4.84. The predicted octanol–water partition coefficient (Wildman–Crippen LogP) is 3.56. The molecule has 3 rings (SSSR count). The van der Waals surface area contributed by atoms with Crippen molar-refractivity contribution >= 4 is 17.7 Å². The molecule has 1 fully saturated rings. The number of hydrogen-bond acceptors (Lipinski definition) is 2. The van der Waals surface area contributed by atoms with Gasteiger partial charge in [0.1, 0.15) is 29.4 Å². The number of quaternary nitrogens is 1. The Kier molecular flexibility index (Phi) is 7.61. The summed E-state index contributed by atoms with van der Waals surface area (Å²) in [6.45, 7) is 3.63. The largest absolute Gasteiger partial charge is 0.323 e. The van der Waals surface area contributed by atoms with E-state index in [0.29, 0.717) is 13.1 Å². The van der Waals surface area contributed by atoms with Crippen LogP contribution in [0.3, 0.4) is 0 Å². The number of carbonyl (C=O) groups is 1. The average Bonchev–Trinajstić information content (AvgIpc) is 3.19. The summed E-state index contributed by atoms with van der Waals surface area (Å²) >= 11 is 1.64. The van der Waals surface area contributed by atoms with Crippen LogP contribution in [0.2, 0.25) is 0 Å². The lowest BCUT2D eigenvalue weighted by molar-refractivity contribution is -0.906. The van der Waals surface area contributed by atoms with Crippen LogP contribution in [0.5, 0.6) is 0 Å². The Balaban J connectivity index is 1.72. The summed E-state index contributed by atoms with van der Waals surface area (Å²) in [5.74, 6) is -0.705. The van der Waals surface area contributed by atoms with Gasteiger partial charge < -0.3 is 9.80 Å². The number of thioether (sulfide) groups is 1. The molecule has 1 N–H and O–H groups in total. The van der Waals surface area contributed by atoms with Gasteiger partial charge in [-0.05, 0) is 36.2 Å². The van der Waals surface area contributed by atoms with Crippen LogP contribution in [0.1, 0.15) is 36.3 Å². The topological polar surface area (TPSA) is 24.8 Å². The number of rotatable bonds is 8. The summed E-state index contributed by atoms with van der Waals surface area (Å²) in [5, 5.41) is -0.152. The summed E-state index contributed by atoms with van der Waals surface area (Å²) in [7, 11) is 0. The number of hydrogen-bond donors (Lipinski definition) is 1. The Morgan fingerprint density at radius 1 is 1.14 bits per heavy atom. The lowest BCUT2D eigenvalue weighted by atomic mass is 10.1. The van der Waals surface area contributed by atoms with E-state index in [2.05, 4.69) is 0 Å². The highest BCUT2D eigenvalue weighted by atomic mass is 32.2. The predicted molar refractivity (Wildman–Crippen MR) is 109 cm³/mol. The van der Waals surface area contributed by atoms with Crippen LogP contribution >= 0.6 is 11.8 Å². The molecule has 29 heavy (non-hydrogen) atoms. The van der Waals surface area contributed by atoms with Crippen LogP contribution in [-0.2, 0) is 11.3 Å². The Hall–Kier alpha value is -1.99. The van der Waals surface area contributed by atoms with Gasteiger partial charge in [-0.1, -0.05) is 31.5 Å². The van der Waals surface area contributed by atoms with Gasteiger partial charge in [0.05, 0.1) is 12.1 Å². The van der Waals surface area contributed by atoms with Crippen molar-refractivity contribution in [2.45, 2.75) is 31.7 Å². The summed E-state index contributed by atoms with van der Waals surface area (Å²) < 4.78 is 41.4. The van der Waals surface area contributed by atoms with E-state index in [1.807, 2.05) is 6.92 Å². The number of halogens is 3. The Labute approximate surface area is 173 Å². The molecule has 0 saturated carbocycles. The maximum absolute atomic E-state index is 14.1. The zero-order valence-electron chi connectivity index (χ0n) is 16.5. The van der Waals surface area contributed by atoms with Crippen molar-refractivity contribution in [2.75, 3.05) is 25.4 Å². The number of amides is 1. The van der Waals surface area contributed by atoms with E-state index < -0.39 is 11.6 Å². The number of benzene rings is 2. The minimum absolute atomic E-state index is 0.0253. The lowest BCUT2D eigenvalue weighted by Crippen LogP contribution is -3.12. The molecule has 2 aromatic carbocycles. The third-order valence-electron chi connectivity index (χ3n) is 5.14. The van der Waals surface area contributed by atoms with Crippen molar-refractivity contribution in [3.05, 3.63) is 71.0 Å². The molecule has 1 aliphatic rings. The van der Waals surface area contributed by atoms with Gasteiger partial charge in [-0.25, -0.2) is 13.2 Å². The molecule has 3 nitrogen and oxygen atoms in total. The first kappa shape index (κ1) is 21.7. The van der Waals surface area contributed by atoms with E-state index in [0.717, 1.165) is 29.1 Å². The van der Waals surface area contributed by atoms with Crippen LogP contribution in [0.25, 0.3) is 0 Å². The van der Waals surface area contributed by atoms with E-state index in [4.69, 9.17) is 0 Å². The minimum atomic E-state index is -0.577. The third kappa shape index (κ3) is 5.54. The highest BCUT2D eigenvalue weighted by Crippen LogP contribution is 2.37. The molecule has 7 heteroatoms. The molecule has 1 aliphatic heterocycles. The van der Waals surface area contributed by atoms with Crippen molar-refractivity contribution in [1.29, 1.82) is 0 Å². The molecule has 0 spiro atoms. The van der Waals surface area contributed by atoms with Crippen LogP contribution < -0.4 is 4.90 Å². The second-order valence-electron chi connectivity index (χ2n) is 7.27. The van der Waals surface area contributed by atoms with Crippen molar-refractivity contribution in [3.8, 4) is 0 Å². The average molecular weight is 424 g/mol. The molecule has 0 aliphatic carbocycles. The summed E-state index contributed by atoms with van der Waals surface area (Å²) in [6.07, 6.45) is 1.81. The van der Waals surface area contributed by atoms with Crippen molar-refractivity contribution in [3.63, 3.8) is 0 Å². The van der Waals surface area contributed by atoms with Gasteiger partial charge in [0, 0.05) is 12.3 Å². The van der Waals surface area contributed by atoms with Crippen molar-refractivity contribution < 1.29 is 22.9 Å². The summed E-state index contributed by atoms with van der Waals surface area (Å²) in [5.41, 5.74) is 0.912. The zero-order chi connectivity index (χ0) is 20.8. The first-order valence-electron chi connectivity index (χ1n) is 9.92. The number of nitrogens with zero attached hydrogens (tertiary/aromatic N) is 1. The maximum Gasteiger partial charge on any atom is 0.278 e. The second kappa shape index (κ2) is 10.2. The fraction of sp³-hybridized carbons (Fsp3) is 0.409. The standard InChI is InChI=1S/C22H25F3N2OS/c1-2-3-11-26(14-18-19(24)5-4-6-20(18)25)15-21(28)27-12-13-29-22(27)16-7-9-17(23)10-8-16/h4-10,22H,2-3,11-15H2,1H3/p+1/t22-/m0/s1. The fourth-order valence-electron chi connectivity index (χ4n) is 3.56. The molecule has 1 saturated heterocycles. The van der Waals surface area contributed by atoms with Gasteiger partial charge in [0.25, 0.3) is 5.91 Å². The number of nitrogens with one attached hydrogen (secondary N) is 1. The molecule has 0 aromatic heterocycles. The van der Waals surface area contributed by atoms with Crippen LogP contribution in [0.4, 0.5) is 13.2 Å². The summed E-state index contributed by atoms with van der Waals surface area (Å²) in [4.78, 5) is 15.7. The quantitative estimate of drug-likeness (QED) is 0.702. The smallest absolute Gasteiger partial charge is 0.278 e. The maximum atomic E-state index is 14.1. The molecule has 0 radical (unpaired) electrons. The van der Waals surface area contributed by atoms with E-state index in [1.165, 1.54) is 30.3 Å². The highest BCUT2D eigenvalue weighted by Gasteiger charge is 2.32. The minimum Gasteiger partial charge on any atom is -0.323 e. The SMILES string of the molecule is CCCC[NH+](CC(=O)N1CCS[C@H]1c1ccc(F)cc1)Cc1c(F)cccc1F. The molecule has 156 valence electrons. The van der Waals surface area contributed by atoms with Crippen molar-refractivity contribution in [2.24, 2.45) is 0 Å². The van der Waals surface area contributed by atoms with Crippen LogP contribution in [0.15, 0.2) is 42.5 Å². The van der Waals surface area contributed by atoms with Gasteiger partial charge >= 0.3 is 0 Å². The number of carbonyl (C=O) groups excluding carboxylic acids is 1. The molecule has 0 bridgehead atoms.